The Morgan fingerprint density at radius 1 is 1.11 bits per heavy atom. The smallest absolute Gasteiger partial charge is 0.341 e. The molecule has 0 saturated carbocycles. The van der Waals surface area contributed by atoms with Crippen LogP contribution in [0, 0.1) is 29.2 Å². The number of hydrogen-bond acceptors (Lipinski definition) is 5. The van der Waals surface area contributed by atoms with Crippen molar-refractivity contribution in [3.8, 4) is 5.69 Å². The zero-order chi connectivity index (χ0) is 26.3. The van der Waals surface area contributed by atoms with E-state index in [0.29, 0.717) is 31.3 Å². The molecule has 1 N–H and O–H groups in total. The third-order valence-electron chi connectivity index (χ3n) is 6.26. The number of nitrogens with zero attached hydrogens (tertiary/aromatic N) is 3. The Bertz CT molecular complexity index is 1580. The highest BCUT2D eigenvalue weighted by Crippen LogP contribution is 2.35. The molecule has 1 atom stereocenters. The van der Waals surface area contributed by atoms with E-state index in [1.165, 1.54) is 16.7 Å². The Morgan fingerprint density at radius 2 is 1.92 bits per heavy atom. The third-order valence-corrected chi connectivity index (χ3v) is 7.44. The molecule has 1 fully saturated rings. The van der Waals surface area contributed by atoms with Gasteiger partial charge in [0, 0.05) is 37.3 Å². The molecule has 0 aliphatic carbocycles. The van der Waals surface area contributed by atoms with Gasteiger partial charge in [-0.05, 0) is 42.7 Å². The molecular formula is C26H19F4N3O3S. The summed E-state index contributed by atoms with van der Waals surface area (Å²) in [6.45, 7) is 0.677. The van der Waals surface area contributed by atoms with E-state index in [0.717, 1.165) is 34.0 Å². The average molecular weight is 530 g/mol. The monoisotopic (exact) mass is 529 g/mol. The number of benzene rings is 2. The normalized spacial score (nSPS) is 15.5. The molecule has 3 heterocycles. The molecule has 5 rings (SSSR count). The molecule has 1 unspecified atom stereocenters. The number of aromatic carboxylic acids is 1. The molecule has 6 nitrogen and oxygen atoms in total. The Kier molecular flexibility index (Phi) is 6.63. The van der Waals surface area contributed by atoms with Crippen LogP contribution in [0.25, 0.3) is 16.6 Å². The lowest BCUT2D eigenvalue weighted by atomic mass is 10.1. The first kappa shape index (κ1) is 24.8. The minimum absolute atomic E-state index is 0.104. The zero-order valence-corrected chi connectivity index (χ0v) is 19.9. The fourth-order valence-electron chi connectivity index (χ4n) is 4.52. The number of rotatable bonds is 6. The van der Waals surface area contributed by atoms with Crippen LogP contribution < -0.4 is 10.3 Å². The largest absolute Gasteiger partial charge is 0.477 e. The van der Waals surface area contributed by atoms with E-state index >= 15 is 8.78 Å². The summed E-state index contributed by atoms with van der Waals surface area (Å²) in [7, 11) is 0. The van der Waals surface area contributed by atoms with E-state index in [-0.39, 0.29) is 5.92 Å². The van der Waals surface area contributed by atoms with Crippen molar-refractivity contribution in [3.05, 3.63) is 93.9 Å². The lowest BCUT2D eigenvalue weighted by Crippen LogP contribution is -2.25. The lowest BCUT2D eigenvalue weighted by molar-refractivity contribution is 0.0695. The molecular weight excluding hydrogens is 510 g/mol. The van der Waals surface area contributed by atoms with E-state index < -0.39 is 62.5 Å². The maximum atomic E-state index is 16.0. The van der Waals surface area contributed by atoms with E-state index in [2.05, 4.69) is 4.98 Å². The quantitative estimate of drug-likeness (QED) is 0.271. The number of thioether (sulfide) groups is 1. The molecule has 4 aromatic rings. The zero-order valence-electron chi connectivity index (χ0n) is 19.1. The highest BCUT2D eigenvalue weighted by molar-refractivity contribution is 7.99. The van der Waals surface area contributed by atoms with Crippen LogP contribution in [-0.4, -0.2) is 39.5 Å². The minimum Gasteiger partial charge on any atom is -0.477 e. The summed E-state index contributed by atoms with van der Waals surface area (Å²) in [6.07, 6.45) is 3.11. The summed E-state index contributed by atoms with van der Waals surface area (Å²) in [5.41, 5.74) is -3.21. The van der Waals surface area contributed by atoms with Gasteiger partial charge < -0.3 is 14.6 Å². The number of carboxylic acid groups (broad SMARTS) is 1. The van der Waals surface area contributed by atoms with Crippen LogP contribution in [0.2, 0.25) is 0 Å². The van der Waals surface area contributed by atoms with Crippen molar-refractivity contribution >= 4 is 34.3 Å². The molecule has 2 aromatic heterocycles. The van der Waals surface area contributed by atoms with Gasteiger partial charge >= 0.3 is 5.97 Å². The van der Waals surface area contributed by atoms with Crippen LogP contribution in [0.15, 0.2) is 64.7 Å². The Labute approximate surface area is 212 Å². The van der Waals surface area contributed by atoms with Crippen LogP contribution in [0.5, 0.6) is 0 Å². The van der Waals surface area contributed by atoms with Crippen molar-refractivity contribution in [2.24, 2.45) is 5.92 Å². The number of halogens is 4. The first-order valence-electron chi connectivity index (χ1n) is 11.3. The lowest BCUT2D eigenvalue weighted by Gasteiger charge is -2.22. The molecule has 0 amide bonds. The Morgan fingerprint density at radius 3 is 2.62 bits per heavy atom. The number of carbonyl (C=O) groups is 1. The molecule has 37 heavy (non-hydrogen) atoms. The average Bonchev–Trinajstić information content (AvgIpc) is 3.32. The summed E-state index contributed by atoms with van der Waals surface area (Å²) < 4.78 is 60.3. The Balaban J connectivity index is 1.59. The maximum Gasteiger partial charge on any atom is 0.341 e. The number of pyridine rings is 2. The van der Waals surface area contributed by atoms with Gasteiger partial charge in [-0.3, -0.25) is 4.79 Å². The molecule has 1 aliphatic rings. The molecule has 0 bridgehead atoms. The summed E-state index contributed by atoms with van der Waals surface area (Å²) in [4.78, 5) is 30.2. The maximum absolute atomic E-state index is 16.0. The van der Waals surface area contributed by atoms with Gasteiger partial charge in [-0.1, -0.05) is 6.07 Å². The van der Waals surface area contributed by atoms with E-state index in [1.54, 1.807) is 6.20 Å². The second kappa shape index (κ2) is 9.89. The van der Waals surface area contributed by atoms with Crippen molar-refractivity contribution in [1.29, 1.82) is 0 Å². The number of anilines is 1. The molecule has 1 aliphatic heterocycles. The van der Waals surface area contributed by atoms with Crippen LogP contribution in [0.3, 0.4) is 0 Å². The predicted octanol–water partition coefficient (Wildman–Crippen LogP) is 5.26. The topological polar surface area (TPSA) is 75.4 Å². The summed E-state index contributed by atoms with van der Waals surface area (Å²) in [5.74, 6) is -5.05. The van der Waals surface area contributed by atoms with Gasteiger partial charge in [-0.2, -0.15) is 0 Å². The highest BCUT2D eigenvalue weighted by atomic mass is 32.2. The van der Waals surface area contributed by atoms with Crippen LogP contribution in [-0.2, 0) is 0 Å². The van der Waals surface area contributed by atoms with E-state index in [4.69, 9.17) is 0 Å². The van der Waals surface area contributed by atoms with Crippen LogP contribution in [0.4, 0.5) is 23.2 Å². The number of hydrogen-bond donors (Lipinski definition) is 1. The first-order valence-corrected chi connectivity index (χ1v) is 12.3. The highest BCUT2D eigenvalue weighted by Gasteiger charge is 2.30. The molecule has 11 heteroatoms. The molecule has 0 spiro atoms. The van der Waals surface area contributed by atoms with Crippen LogP contribution >= 0.6 is 11.8 Å². The van der Waals surface area contributed by atoms with Crippen molar-refractivity contribution in [1.82, 2.24) is 9.55 Å². The molecule has 0 radical (unpaired) electrons. The van der Waals surface area contributed by atoms with Crippen molar-refractivity contribution < 1.29 is 27.5 Å². The van der Waals surface area contributed by atoms with Crippen LogP contribution in [0.1, 0.15) is 16.8 Å². The fourth-order valence-corrected chi connectivity index (χ4v) is 5.51. The van der Waals surface area contributed by atoms with Gasteiger partial charge in [-0.15, -0.1) is 11.8 Å². The van der Waals surface area contributed by atoms with Gasteiger partial charge in [0.25, 0.3) is 0 Å². The standard InChI is InChI=1S/C26H19F4N3O3S/c27-15-4-5-20(18(28)9-15)33-12-17(26(35)36)25(34)16-10-19(29)24(22(30)23(16)33)32-8-6-14(11-32)13-37-21-3-1-2-7-31-21/h1-5,7,9-10,12,14H,6,8,11,13H2,(H,35,36). The predicted molar refractivity (Wildman–Crippen MR) is 132 cm³/mol. The number of carboxylic acids is 1. The van der Waals surface area contributed by atoms with E-state index in [1.807, 2.05) is 18.2 Å². The van der Waals surface area contributed by atoms with Crippen molar-refractivity contribution in [2.45, 2.75) is 11.4 Å². The van der Waals surface area contributed by atoms with E-state index in [9.17, 15) is 23.5 Å². The number of aromatic nitrogens is 2. The number of fused-ring (bicyclic) bond motifs is 1. The third kappa shape index (κ3) is 4.66. The van der Waals surface area contributed by atoms with Gasteiger partial charge in [-0.25, -0.2) is 27.3 Å². The van der Waals surface area contributed by atoms with Crippen molar-refractivity contribution in [3.63, 3.8) is 0 Å². The van der Waals surface area contributed by atoms with Gasteiger partial charge in [0.2, 0.25) is 5.43 Å². The Hall–Kier alpha value is -3.86. The van der Waals surface area contributed by atoms with Gasteiger partial charge in [0.1, 0.15) is 28.7 Å². The minimum atomic E-state index is -1.65. The molecule has 190 valence electrons. The summed E-state index contributed by atoms with van der Waals surface area (Å²) in [5, 5.41) is 9.74. The molecule has 1 saturated heterocycles. The van der Waals surface area contributed by atoms with Crippen molar-refractivity contribution in [2.75, 3.05) is 23.7 Å². The fraction of sp³-hybridized carbons (Fsp3) is 0.192. The SMILES string of the molecule is O=C(O)c1cn(-c2ccc(F)cc2F)c2c(F)c(N3CCC(CSc4ccccn4)C3)c(F)cc2c1=O. The first-order chi connectivity index (χ1) is 17.7. The second-order valence-corrected chi connectivity index (χ2v) is 9.68. The molecule has 2 aromatic carbocycles. The summed E-state index contributed by atoms with van der Waals surface area (Å²) in [6, 6.07) is 8.78. The second-order valence-electron chi connectivity index (χ2n) is 8.64. The summed E-state index contributed by atoms with van der Waals surface area (Å²) >= 11 is 1.54. The van der Waals surface area contributed by atoms with Gasteiger partial charge in [0.15, 0.2) is 5.82 Å². The van der Waals surface area contributed by atoms with Gasteiger partial charge in [0.05, 0.1) is 21.6 Å².